The molecule has 2 nitrogen and oxygen atoms in total. The Hall–Kier alpha value is -0.860. The highest BCUT2D eigenvalue weighted by Crippen LogP contribution is 2.43. The summed E-state index contributed by atoms with van der Waals surface area (Å²) in [4.78, 5) is 2.23. The minimum Gasteiger partial charge on any atom is -0.385 e. The molecule has 0 aromatic heterocycles. The Balaban J connectivity index is 2.06. The molecule has 1 fully saturated rings. The van der Waals surface area contributed by atoms with Crippen LogP contribution >= 0.6 is 0 Å². The number of nitrogens with zero attached hydrogens (tertiary/aromatic N) is 1. The number of benzene rings is 1. The highest BCUT2D eigenvalue weighted by atomic mass is 16.3. The van der Waals surface area contributed by atoms with Gasteiger partial charge in [0.05, 0.1) is 5.60 Å². The molecule has 1 aromatic carbocycles. The van der Waals surface area contributed by atoms with Gasteiger partial charge in [-0.05, 0) is 57.8 Å². The largest absolute Gasteiger partial charge is 0.385 e. The number of rotatable bonds is 5. The van der Waals surface area contributed by atoms with Gasteiger partial charge in [0.1, 0.15) is 0 Å². The third-order valence-electron chi connectivity index (χ3n) is 4.47. The highest BCUT2D eigenvalue weighted by molar-refractivity contribution is 5.23. The molecule has 106 valence electrons. The van der Waals surface area contributed by atoms with E-state index in [1.54, 1.807) is 0 Å². The SMILES string of the molecule is CN(C)CCCC1CCCCC1(O)c1ccccc1. The standard InChI is InChI=1S/C17H27NO/c1-18(2)14-8-12-16-11-6-7-13-17(16,19)15-9-4-3-5-10-15/h3-5,9-10,16,19H,6-8,11-14H2,1-2H3. The molecule has 0 radical (unpaired) electrons. The maximum atomic E-state index is 11.2. The van der Waals surface area contributed by atoms with Crippen molar-refractivity contribution in [2.24, 2.45) is 5.92 Å². The molecule has 1 aromatic rings. The van der Waals surface area contributed by atoms with Crippen LogP contribution in [0.3, 0.4) is 0 Å². The first kappa shape index (κ1) is 14.5. The summed E-state index contributed by atoms with van der Waals surface area (Å²) in [5.74, 6) is 0.420. The molecular weight excluding hydrogens is 234 g/mol. The Labute approximate surface area is 117 Å². The van der Waals surface area contributed by atoms with Crippen molar-refractivity contribution in [2.45, 2.75) is 44.1 Å². The zero-order chi connectivity index (χ0) is 13.7. The number of hydrogen-bond acceptors (Lipinski definition) is 2. The first-order valence-corrected chi connectivity index (χ1v) is 7.55. The fourth-order valence-electron chi connectivity index (χ4n) is 3.37. The lowest BCUT2D eigenvalue weighted by molar-refractivity contribution is -0.0585. The Morgan fingerprint density at radius 2 is 1.95 bits per heavy atom. The van der Waals surface area contributed by atoms with Crippen LogP contribution in [0.15, 0.2) is 30.3 Å². The molecule has 1 aliphatic rings. The zero-order valence-electron chi connectivity index (χ0n) is 12.3. The molecule has 2 rings (SSSR count). The zero-order valence-corrected chi connectivity index (χ0v) is 12.3. The predicted octanol–water partition coefficient (Wildman–Crippen LogP) is 3.41. The van der Waals surface area contributed by atoms with Crippen LogP contribution in [-0.4, -0.2) is 30.6 Å². The van der Waals surface area contributed by atoms with Crippen LogP contribution in [0.4, 0.5) is 0 Å². The number of aliphatic hydroxyl groups is 1. The average Bonchev–Trinajstić information content (AvgIpc) is 2.42. The highest BCUT2D eigenvalue weighted by Gasteiger charge is 2.39. The van der Waals surface area contributed by atoms with Crippen LogP contribution in [0.2, 0.25) is 0 Å². The van der Waals surface area contributed by atoms with Crippen molar-refractivity contribution in [2.75, 3.05) is 20.6 Å². The summed E-state index contributed by atoms with van der Waals surface area (Å²) in [6, 6.07) is 10.3. The summed E-state index contributed by atoms with van der Waals surface area (Å²) < 4.78 is 0. The van der Waals surface area contributed by atoms with E-state index in [0.717, 1.165) is 31.4 Å². The lowest BCUT2D eigenvalue weighted by Gasteiger charge is -2.41. The second-order valence-electron chi connectivity index (χ2n) is 6.18. The van der Waals surface area contributed by atoms with E-state index in [2.05, 4.69) is 31.1 Å². The molecule has 2 heteroatoms. The second kappa shape index (κ2) is 6.53. The quantitative estimate of drug-likeness (QED) is 0.878. The maximum Gasteiger partial charge on any atom is 0.0924 e. The van der Waals surface area contributed by atoms with Crippen LogP contribution in [-0.2, 0) is 5.60 Å². The molecule has 0 heterocycles. The third-order valence-corrected chi connectivity index (χ3v) is 4.47. The smallest absolute Gasteiger partial charge is 0.0924 e. The van der Waals surface area contributed by atoms with E-state index in [4.69, 9.17) is 0 Å². The van der Waals surface area contributed by atoms with Gasteiger partial charge in [-0.3, -0.25) is 0 Å². The molecule has 2 atom stereocenters. The van der Waals surface area contributed by atoms with E-state index in [0.29, 0.717) is 5.92 Å². The van der Waals surface area contributed by atoms with Gasteiger partial charge in [-0.1, -0.05) is 43.2 Å². The monoisotopic (exact) mass is 261 g/mol. The van der Waals surface area contributed by atoms with Crippen LogP contribution in [0.25, 0.3) is 0 Å². The van der Waals surface area contributed by atoms with Crippen LogP contribution in [0.5, 0.6) is 0 Å². The van der Waals surface area contributed by atoms with Crippen molar-refractivity contribution < 1.29 is 5.11 Å². The van der Waals surface area contributed by atoms with Gasteiger partial charge in [0.2, 0.25) is 0 Å². The van der Waals surface area contributed by atoms with Gasteiger partial charge >= 0.3 is 0 Å². The number of hydrogen-bond donors (Lipinski definition) is 1. The van der Waals surface area contributed by atoms with Crippen molar-refractivity contribution in [1.82, 2.24) is 4.90 Å². The molecule has 1 aliphatic carbocycles. The Morgan fingerprint density at radius 3 is 2.63 bits per heavy atom. The molecular formula is C17H27NO. The van der Waals surface area contributed by atoms with Crippen LogP contribution < -0.4 is 0 Å². The molecule has 0 spiro atoms. The van der Waals surface area contributed by atoms with Crippen molar-refractivity contribution in [3.05, 3.63) is 35.9 Å². The fraction of sp³-hybridized carbons (Fsp3) is 0.647. The Bertz CT molecular complexity index is 376. The van der Waals surface area contributed by atoms with Crippen molar-refractivity contribution in [3.63, 3.8) is 0 Å². The molecule has 1 N–H and O–H groups in total. The molecule has 0 bridgehead atoms. The minimum absolute atomic E-state index is 0.420. The van der Waals surface area contributed by atoms with Gasteiger partial charge in [0, 0.05) is 0 Å². The Morgan fingerprint density at radius 1 is 1.21 bits per heavy atom. The summed E-state index contributed by atoms with van der Waals surface area (Å²) in [6.07, 6.45) is 6.80. The van der Waals surface area contributed by atoms with E-state index >= 15 is 0 Å². The summed E-state index contributed by atoms with van der Waals surface area (Å²) in [5, 5.41) is 11.2. The second-order valence-corrected chi connectivity index (χ2v) is 6.18. The molecule has 0 aliphatic heterocycles. The summed E-state index contributed by atoms with van der Waals surface area (Å²) in [5.41, 5.74) is 0.524. The maximum absolute atomic E-state index is 11.2. The van der Waals surface area contributed by atoms with Gasteiger partial charge in [-0.25, -0.2) is 0 Å². The average molecular weight is 261 g/mol. The van der Waals surface area contributed by atoms with Gasteiger partial charge < -0.3 is 10.0 Å². The van der Waals surface area contributed by atoms with Crippen molar-refractivity contribution in [1.29, 1.82) is 0 Å². The van der Waals surface area contributed by atoms with E-state index in [-0.39, 0.29) is 0 Å². The first-order valence-electron chi connectivity index (χ1n) is 7.55. The fourth-order valence-corrected chi connectivity index (χ4v) is 3.37. The van der Waals surface area contributed by atoms with E-state index < -0.39 is 5.60 Å². The van der Waals surface area contributed by atoms with Gasteiger partial charge in [0.15, 0.2) is 0 Å². The van der Waals surface area contributed by atoms with E-state index in [1.165, 1.54) is 19.3 Å². The molecule has 0 saturated heterocycles. The minimum atomic E-state index is -0.591. The Kier molecular flexibility index (Phi) is 5.00. The van der Waals surface area contributed by atoms with Crippen molar-refractivity contribution in [3.8, 4) is 0 Å². The molecule has 19 heavy (non-hydrogen) atoms. The summed E-state index contributed by atoms with van der Waals surface area (Å²) in [7, 11) is 4.23. The molecule has 1 saturated carbocycles. The lowest BCUT2D eigenvalue weighted by Crippen LogP contribution is -2.38. The molecule has 0 amide bonds. The van der Waals surface area contributed by atoms with Gasteiger partial charge in [-0.2, -0.15) is 0 Å². The normalized spacial score (nSPS) is 27.7. The predicted molar refractivity (Wildman–Crippen MR) is 80.1 cm³/mol. The summed E-state index contributed by atoms with van der Waals surface area (Å²) in [6.45, 7) is 1.11. The van der Waals surface area contributed by atoms with Gasteiger partial charge in [0.25, 0.3) is 0 Å². The summed E-state index contributed by atoms with van der Waals surface area (Å²) >= 11 is 0. The van der Waals surface area contributed by atoms with E-state index in [9.17, 15) is 5.11 Å². The topological polar surface area (TPSA) is 23.5 Å². The molecule has 2 unspecified atom stereocenters. The van der Waals surface area contributed by atoms with Crippen molar-refractivity contribution >= 4 is 0 Å². The lowest BCUT2D eigenvalue weighted by atomic mass is 9.70. The van der Waals surface area contributed by atoms with Gasteiger partial charge in [-0.15, -0.1) is 0 Å². The first-order chi connectivity index (χ1) is 9.13. The van der Waals surface area contributed by atoms with Crippen LogP contribution in [0.1, 0.15) is 44.1 Å². The van der Waals surface area contributed by atoms with E-state index in [1.807, 2.05) is 18.2 Å². The van der Waals surface area contributed by atoms with Crippen LogP contribution in [0, 0.1) is 5.92 Å². The third kappa shape index (κ3) is 3.58.